The van der Waals surface area contributed by atoms with Crippen molar-refractivity contribution in [3.05, 3.63) is 35.9 Å². The molecule has 3 nitrogen and oxygen atoms in total. The molecule has 0 amide bonds. The van der Waals surface area contributed by atoms with Crippen molar-refractivity contribution >= 4 is 0 Å². The summed E-state index contributed by atoms with van der Waals surface area (Å²) in [6, 6.07) is 7.73. The summed E-state index contributed by atoms with van der Waals surface area (Å²) in [7, 11) is 0. The van der Waals surface area contributed by atoms with Crippen molar-refractivity contribution in [1.29, 1.82) is 0 Å². The summed E-state index contributed by atoms with van der Waals surface area (Å²) in [5.41, 5.74) is 0.599. The van der Waals surface area contributed by atoms with Gasteiger partial charge in [-0.1, -0.05) is 30.3 Å². The first kappa shape index (κ1) is 15.9. The summed E-state index contributed by atoms with van der Waals surface area (Å²) < 4.78 is 42.6. The molecule has 6 heteroatoms. The van der Waals surface area contributed by atoms with Crippen LogP contribution < -0.4 is 5.32 Å². The molecular weight excluding hydrogens is 259 g/mol. The Hall–Kier alpha value is -1.11. The SMILES string of the molecule is OCCOCCNC(CC(F)(F)F)c1ccccc1. The lowest BCUT2D eigenvalue weighted by Gasteiger charge is -2.20. The highest BCUT2D eigenvalue weighted by Crippen LogP contribution is 2.29. The van der Waals surface area contributed by atoms with E-state index in [0.29, 0.717) is 12.1 Å². The predicted octanol–water partition coefficient (Wildman–Crippen LogP) is 2.28. The van der Waals surface area contributed by atoms with E-state index in [4.69, 9.17) is 9.84 Å². The fourth-order valence-corrected chi connectivity index (χ4v) is 1.70. The van der Waals surface area contributed by atoms with Gasteiger partial charge in [0.1, 0.15) is 0 Å². The molecule has 0 radical (unpaired) electrons. The van der Waals surface area contributed by atoms with Crippen LogP contribution in [0.2, 0.25) is 0 Å². The van der Waals surface area contributed by atoms with Gasteiger partial charge in [0.15, 0.2) is 0 Å². The van der Waals surface area contributed by atoms with Crippen LogP contribution in [0.25, 0.3) is 0 Å². The maximum Gasteiger partial charge on any atom is 0.390 e. The maximum absolute atomic E-state index is 12.5. The molecule has 0 heterocycles. The first-order valence-corrected chi connectivity index (χ1v) is 6.06. The molecule has 108 valence electrons. The molecule has 1 aromatic rings. The number of nitrogens with one attached hydrogen (secondary N) is 1. The van der Waals surface area contributed by atoms with E-state index >= 15 is 0 Å². The largest absolute Gasteiger partial charge is 0.394 e. The number of ether oxygens (including phenoxy) is 1. The lowest BCUT2D eigenvalue weighted by Crippen LogP contribution is -2.29. The molecule has 0 saturated carbocycles. The van der Waals surface area contributed by atoms with Crippen molar-refractivity contribution in [2.24, 2.45) is 0 Å². The Morgan fingerprint density at radius 3 is 2.42 bits per heavy atom. The normalized spacial score (nSPS) is 13.5. The van der Waals surface area contributed by atoms with Crippen molar-refractivity contribution in [3.8, 4) is 0 Å². The molecule has 0 saturated heterocycles. The number of halogens is 3. The Kier molecular flexibility index (Phi) is 6.83. The molecule has 1 atom stereocenters. The number of hydrogen-bond donors (Lipinski definition) is 2. The number of hydrogen-bond acceptors (Lipinski definition) is 3. The van der Waals surface area contributed by atoms with Gasteiger partial charge in [0.2, 0.25) is 0 Å². The van der Waals surface area contributed by atoms with E-state index in [0.717, 1.165) is 0 Å². The van der Waals surface area contributed by atoms with Gasteiger partial charge in [-0.25, -0.2) is 0 Å². The van der Waals surface area contributed by atoms with Gasteiger partial charge in [0, 0.05) is 12.6 Å². The summed E-state index contributed by atoms with van der Waals surface area (Å²) in [5, 5.41) is 11.3. The summed E-state index contributed by atoms with van der Waals surface area (Å²) in [4.78, 5) is 0. The van der Waals surface area contributed by atoms with Crippen molar-refractivity contribution < 1.29 is 23.0 Å². The van der Waals surface area contributed by atoms with Crippen LogP contribution in [0.4, 0.5) is 13.2 Å². The molecule has 0 aromatic heterocycles. The topological polar surface area (TPSA) is 41.5 Å². The third kappa shape index (κ3) is 7.15. The monoisotopic (exact) mass is 277 g/mol. The van der Waals surface area contributed by atoms with Crippen molar-refractivity contribution in [3.63, 3.8) is 0 Å². The zero-order valence-electron chi connectivity index (χ0n) is 10.5. The van der Waals surface area contributed by atoms with Crippen LogP contribution in [0, 0.1) is 0 Å². The minimum atomic E-state index is -4.22. The van der Waals surface area contributed by atoms with Gasteiger partial charge in [0.05, 0.1) is 26.2 Å². The van der Waals surface area contributed by atoms with Gasteiger partial charge in [0.25, 0.3) is 0 Å². The van der Waals surface area contributed by atoms with Crippen molar-refractivity contribution in [2.75, 3.05) is 26.4 Å². The average molecular weight is 277 g/mol. The van der Waals surface area contributed by atoms with Crippen LogP contribution in [0.1, 0.15) is 18.0 Å². The van der Waals surface area contributed by atoms with Gasteiger partial charge in [-0.15, -0.1) is 0 Å². The molecule has 19 heavy (non-hydrogen) atoms. The minimum Gasteiger partial charge on any atom is -0.394 e. The number of alkyl halides is 3. The van der Waals surface area contributed by atoms with Gasteiger partial charge in [-0.3, -0.25) is 0 Å². The molecule has 1 aromatic carbocycles. The third-order valence-electron chi connectivity index (χ3n) is 2.51. The predicted molar refractivity (Wildman–Crippen MR) is 65.8 cm³/mol. The van der Waals surface area contributed by atoms with Crippen LogP contribution in [-0.2, 0) is 4.74 Å². The second-order valence-corrected chi connectivity index (χ2v) is 4.07. The van der Waals surface area contributed by atoms with E-state index in [-0.39, 0.29) is 19.8 Å². The first-order chi connectivity index (χ1) is 9.03. The van der Waals surface area contributed by atoms with Gasteiger partial charge in [-0.05, 0) is 5.56 Å². The molecule has 2 N–H and O–H groups in total. The zero-order valence-corrected chi connectivity index (χ0v) is 10.5. The molecular formula is C13H18F3NO2. The first-order valence-electron chi connectivity index (χ1n) is 6.06. The highest BCUT2D eigenvalue weighted by atomic mass is 19.4. The van der Waals surface area contributed by atoms with Crippen LogP contribution >= 0.6 is 0 Å². The summed E-state index contributed by atoms with van der Waals surface area (Å²) >= 11 is 0. The van der Waals surface area contributed by atoms with Gasteiger partial charge in [-0.2, -0.15) is 13.2 Å². The van der Waals surface area contributed by atoms with E-state index in [2.05, 4.69) is 5.32 Å². The molecule has 0 spiro atoms. The molecule has 0 aliphatic carbocycles. The van der Waals surface area contributed by atoms with Crippen LogP contribution in [0.15, 0.2) is 30.3 Å². The van der Waals surface area contributed by atoms with Gasteiger partial charge < -0.3 is 15.2 Å². The van der Waals surface area contributed by atoms with E-state index in [1.165, 1.54) is 0 Å². The molecule has 1 unspecified atom stereocenters. The lowest BCUT2D eigenvalue weighted by atomic mass is 10.0. The van der Waals surface area contributed by atoms with Crippen molar-refractivity contribution in [1.82, 2.24) is 5.32 Å². The van der Waals surface area contributed by atoms with Crippen LogP contribution in [0.3, 0.4) is 0 Å². The highest BCUT2D eigenvalue weighted by molar-refractivity contribution is 5.19. The smallest absolute Gasteiger partial charge is 0.390 e. The fraction of sp³-hybridized carbons (Fsp3) is 0.538. The Morgan fingerprint density at radius 1 is 1.16 bits per heavy atom. The summed E-state index contributed by atoms with van der Waals surface area (Å²) in [6.45, 7) is 0.666. The van der Waals surface area contributed by atoms with E-state index in [1.807, 2.05) is 0 Å². The molecule has 1 rings (SSSR count). The minimum absolute atomic E-state index is 0.0926. The maximum atomic E-state index is 12.5. The van der Waals surface area contributed by atoms with Gasteiger partial charge >= 0.3 is 6.18 Å². The molecule has 0 aliphatic heterocycles. The number of benzene rings is 1. The van der Waals surface area contributed by atoms with Crippen LogP contribution in [-0.4, -0.2) is 37.6 Å². The van der Waals surface area contributed by atoms with E-state index in [1.54, 1.807) is 30.3 Å². The highest BCUT2D eigenvalue weighted by Gasteiger charge is 2.32. The lowest BCUT2D eigenvalue weighted by molar-refractivity contribution is -0.140. The Bertz CT molecular complexity index is 343. The quantitative estimate of drug-likeness (QED) is 0.716. The Morgan fingerprint density at radius 2 is 1.84 bits per heavy atom. The fourth-order valence-electron chi connectivity index (χ4n) is 1.70. The third-order valence-corrected chi connectivity index (χ3v) is 2.51. The summed E-state index contributed by atoms with van der Waals surface area (Å²) in [5.74, 6) is 0. The standard InChI is InChI=1S/C13H18F3NO2/c14-13(15,16)10-12(11-4-2-1-3-5-11)17-6-8-19-9-7-18/h1-5,12,17-18H,6-10H2. The summed E-state index contributed by atoms with van der Waals surface area (Å²) in [6.07, 6.45) is -5.14. The van der Waals surface area contributed by atoms with Crippen molar-refractivity contribution in [2.45, 2.75) is 18.6 Å². The van der Waals surface area contributed by atoms with Crippen LogP contribution in [0.5, 0.6) is 0 Å². The average Bonchev–Trinajstić information content (AvgIpc) is 2.37. The second-order valence-electron chi connectivity index (χ2n) is 4.07. The molecule has 0 fully saturated rings. The second kappa shape index (κ2) is 8.14. The molecule has 0 bridgehead atoms. The van der Waals surface area contributed by atoms with E-state index in [9.17, 15) is 13.2 Å². The Labute approximate surface area is 110 Å². The number of aliphatic hydroxyl groups is 1. The number of rotatable bonds is 8. The zero-order chi connectivity index (χ0) is 14.1. The number of aliphatic hydroxyl groups excluding tert-OH is 1. The van der Waals surface area contributed by atoms with E-state index < -0.39 is 18.6 Å². The molecule has 0 aliphatic rings. The Balaban J connectivity index is 2.51.